The molecule has 0 aliphatic carbocycles. The van der Waals surface area contributed by atoms with Crippen LogP contribution in [0, 0.1) is 11.3 Å². The molecule has 3 aromatic heterocycles. The van der Waals surface area contributed by atoms with Crippen molar-refractivity contribution in [3.8, 4) is 6.07 Å². The molecule has 0 bridgehead atoms. The van der Waals surface area contributed by atoms with Crippen LogP contribution in [-0.2, 0) is 0 Å². The molecular weight excluding hydrogens is 380 g/mol. The summed E-state index contributed by atoms with van der Waals surface area (Å²) in [5.41, 5.74) is 0.277. The van der Waals surface area contributed by atoms with E-state index in [1.807, 2.05) is 50.9 Å². The zero-order valence-electron chi connectivity index (χ0n) is 14.4. The van der Waals surface area contributed by atoms with Gasteiger partial charge in [-0.3, -0.25) is 4.79 Å². The fraction of sp³-hybridized carbons (Fsp3) is 0.211. The Morgan fingerprint density at radius 2 is 1.93 bits per heavy atom. The smallest absolute Gasteiger partial charge is 0.264 e. The maximum absolute atomic E-state index is 12.5. The monoisotopic (exact) mass is 396 g/mol. The molecule has 1 amide bonds. The lowest BCUT2D eigenvalue weighted by Crippen LogP contribution is -2.48. The molecule has 4 heterocycles. The Morgan fingerprint density at radius 3 is 2.59 bits per heavy atom. The Labute approximate surface area is 164 Å². The highest BCUT2D eigenvalue weighted by Gasteiger charge is 2.26. The van der Waals surface area contributed by atoms with Crippen LogP contribution >= 0.6 is 22.7 Å². The zero-order chi connectivity index (χ0) is 18.6. The number of oxazole rings is 1. The summed E-state index contributed by atoms with van der Waals surface area (Å²) in [6.07, 6.45) is 3.69. The predicted octanol–water partition coefficient (Wildman–Crippen LogP) is 3.80. The molecule has 1 aliphatic heterocycles. The predicted molar refractivity (Wildman–Crippen MR) is 107 cm³/mol. The van der Waals surface area contributed by atoms with Crippen molar-refractivity contribution in [2.45, 2.75) is 0 Å². The molecule has 0 aromatic carbocycles. The molecule has 1 fully saturated rings. The van der Waals surface area contributed by atoms with Gasteiger partial charge in [-0.25, -0.2) is 0 Å². The van der Waals surface area contributed by atoms with E-state index in [0.717, 1.165) is 9.75 Å². The maximum atomic E-state index is 12.5. The number of hydrogen-bond acceptors (Lipinski definition) is 7. The van der Waals surface area contributed by atoms with Gasteiger partial charge in [0.2, 0.25) is 17.5 Å². The molecule has 1 aliphatic rings. The maximum Gasteiger partial charge on any atom is 0.264 e. The molecule has 0 atom stereocenters. The van der Waals surface area contributed by atoms with Gasteiger partial charge in [-0.2, -0.15) is 10.2 Å². The first-order valence-electron chi connectivity index (χ1n) is 8.45. The van der Waals surface area contributed by atoms with Gasteiger partial charge in [0.15, 0.2) is 0 Å². The van der Waals surface area contributed by atoms with Crippen LogP contribution in [0.2, 0.25) is 0 Å². The van der Waals surface area contributed by atoms with Crippen molar-refractivity contribution in [2.75, 3.05) is 31.1 Å². The Kier molecular flexibility index (Phi) is 5.05. The molecule has 3 aromatic rings. The van der Waals surface area contributed by atoms with Crippen molar-refractivity contribution >= 4 is 46.6 Å². The van der Waals surface area contributed by atoms with Crippen LogP contribution in [0.15, 0.2) is 39.4 Å². The molecule has 0 N–H and O–H groups in total. The third kappa shape index (κ3) is 3.79. The van der Waals surface area contributed by atoms with Crippen LogP contribution in [-0.4, -0.2) is 42.0 Å². The highest BCUT2D eigenvalue weighted by Crippen LogP contribution is 2.25. The minimum absolute atomic E-state index is 0.0577. The van der Waals surface area contributed by atoms with Crippen LogP contribution in [0.4, 0.5) is 5.88 Å². The Bertz CT molecular complexity index is 976. The van der Waals surface area contributed by atoms with Crippen molar-refractivity contribution in [3.05, 3.63) is 56.4 Å². The van der Waals surface area contributed by atoms with E-state index in [4.69, 9.17) is 4.42 Å². The average molecular weight is 396 g/mol. The number of hydrogen-bond donors (Lipinski definition) is 0. The van der Waals surface area contributed by atoms with Gasteiger partial charge in [0.25, 0.3) is 5.91 Å². The summed E-state index contributed by atoms with van der Waals surface area (Å²) in [4.78, 5) is 22.4. The number of aromatic nitrogens is 1. The van der Waals surface area contributed by atoms with E-state index in [-0.39, 0.29) is 11.6 Å². The lowest BCUT2D eigenvalue weighted by atomic mass is 10.3. The van der Waals surface area contributed by atoms with Crippen LogP contribution < -0.4 is 4.90 Å². The van der Waals surface area contributed by atoms with Crippen LogP contribution in [0.25, 0.3) is 12.2 Å². The summed E-state index contributed by atoms with van der Waals surface area (Å²) in [7, 11) is 0. The van der Waals surface area contributed by atoms with Crippen LogP contribution in [0.5, 0.6) is 0 Å². The number of nitrogens with zero attached hydrogens (tertiary/aromatic N) is 4. The molecular formula is C19H16N4O2S2. The second-order valence-corrected chi connectivity index (χ2v) is 7.85. The second-order valence-electron chi connectivity index (χ2n) is 5.92. The number of nitriles is 1. The third-order valence-corrected chi connectivity index (χ3v) is 5.95. The van der Waals surface area contributed by atoms with Crippen molar-refractivity contribution in [3.63, 3.8) is 0 Å². The van der Waals surface area contributed by atoms with Crippen molar-refractivity contribution in [1.82, 2.24) is 9.88 Å². The van der Waals surface area contributed by atoms with Gasteiger partial charge in [-0.05, 0) is 29.0 Å². The molecule has 0 unspecified atom stereocenters. The number of carbonyl (C=O) groups excluding carboxylic acids is 1. The highest BCUT2D eigenvalue weighted by atomic mass is 32.1. The van der Waals surface area contributed by atoms with E-state index in [1.54, 1.807) is 17.4 Å². The van der Waals surface area contributed by atoms with E-state index in [9.17, 15) is 10.1 Å². The Morgan fingerprint density at radius 1 is 1.15 bits per heavy atom. The molecule has 0 radical (unpaired) electrons. The molecule has 6 nitrogen and oxygen atoms in total. The number of carbonyl (C=O) groups is 1. The van der Waals surface area contributed by atoms with Crippen LogP contribution in [0.1, 0.15) is 26.1 Å². The van der Waals surface area contributed by atoms with E-state index in [2.05, 4.69) is 11.1 Å². The van der Waals surface area contributed by atoms with Crippen LogP contribution in [0.3, 0.4) is 0 Å². The Balaban J connectivity index is 1.45. The average Bonchev–Trinajstić information content (AvgIpc) is 3.47. The van der Waals surface area contributed by atoms with Gasteiger partial charge in [0.05, 0.1) is 4.88 Å². The summed E-state index contributed by atoms with van der Waals surface area (Å²) >= 11 is 3.07. The molecule has 1 saturated heterocycles. The van der Waals surface area contributed by atoms with Gasteiger partial charge < -0.3 is 14.2 Å². The standard InChI is InChI=1S/C19H16N4O2S2/c20-13-15-19(25-17(21-15)6-5-14-3-1-11-26-14)23-9-7-22(8-10-23)18(24)16-4-2-12-27-16/h1-6,11-12H,7-10H2/b6-5+. The summed E-state index contributed by atoms with van der Waals surface area (Å²) in [5, 5.41) is 13.3. The van der Waals surface area contributed by atoms with Gasteiger partial charge in [-0.15, -0.1) is 22.7 Å². The molecule has 8 heteroatoms. The van der Waals surface area contributed by atoms with Crippen molar-refractivity contribution in [1.29, 1.82) is 5.26 Å². The summed E-state index contributed by atoms with van der Waals surface area (Å²) < 4.78 is 5.82. The molecule has 4 rings (SSSR count). The molecule has 0 spiro atoms. The highest BCUT2D eigenvalue weighted by molar-refractivity contribution is 7.12. The van der Waals surface area contributed by atoms with E-state index in [0.29, 0.717) is 38.0 Å². The lowest BCUT2D eigenvalue weighted by molar-refractivity contribution is 0.0750. The van der Waals surface area contributed by atoms with Gasteiger partial charge in [0, 0.05) is 37.1 Å². The number of amides is 1. The van der Waals surface area contributed by atoms with Gasteiger partial charge in [-0.1, -0.05) is 12.1 Å². The van der Waals surface area contributed by atoms with Crippen molar-refractivity contribution < 1.29 is 9.21 Å². The Hall–Kier alpha value is -2.89. The van der Waals surface area contributed by atoms with E-state index >= 15 is 0 Å². The first-order chi connectivity index (χ1) is 13.2. The lowest BCUT2D eigenvalue weighted by Gasteiger charge is -2.34. The topological polar surface area (TPSA) is 73.4 Å². The fourth-order valence-electron chi connectivity index (χ4n) is 2.89. The van der Waals surface area contributed by atoms with Crippen molar-refractivity contribution in [2.24, 2.45) is 0 Å². The SMILES string of the molecule is N#Cc1nc(/C=C/c2cccs2)oc1N1CCN(C(=O)c2cccs2)CC1. The fourth-order valence-corrected chi connectivity index (χ4v) is 4.20. The minimum atomic E-state index is 0.0577. The number of anilines is 1. The molecule has 136 valence electrons. The first kappa shape index (κ1) is 17.5. The molecule has 27 heavy (non-hydrogen) atoms. The minimum Gasteiger partial charge on any atom is -0.420 e. The summed E-state index contributed by atoms with van der Waals surface area (Å²) in [6, 6.07) is 9.81. The normalized spacial score (nSPS) is 14.6. The second kappa shape index (κ2) is 7.78. The van der Waals surface area contributed by atoms with E-state index in [1.165, 1.54) is 11.3 Å². The third-order valence-electron chi connectivity index (χ3n) is 4.25. The zero-order valence-corrected chi connectivity index (χ0v) is 16.0. The largest absolute Gasteiger partial charge is 0.420 e. The van der Waals surface area contributed by atoms with E-state index < -0.39 is 0 Å². The van der Waals surface area contributed by atoms with Gasteiger partial charge in [0.1, 0.15) is 6.07 Å². The summed E-state index contributed by atoms with van der Waals surface area (Å²) in [5.74, 6) is 0.945. The number of thiophene rings is 2. The summed E-state index contributed by atoms with van der Waals surface area (Å²) in [6.45, 7) is 2.38. The number of rotatable bonds is 4. The first-order valence-corrected chi connectivity index (χ1v) is 10.2. The molecule has 0 saturated carbocycles. The number of piperazine rings is 1. The quantitative estimate of drug-likeness (QED) is 0.671. The van der Waals surface area contributed by atoms with Gasteiger partial charge >= 0.3 is 0 Å².